The van der Waals surface area contributed by atoms with Crippen LogP contribution in [0, 0.1) is 0 Å². The minimum atomic E-state index is -0.405. The van der Waals surface area contributed by atoms with Gasteiger partial charge >= 0.3 is 0 Å². The fourth-order valence-corrected chi connectivity index (χ4v) is 2.26. The van der Waals surface area contributed by atoms with Crippen molar-refractivity contribution in [3.8, 4) is 23.0 Å². The number of hydrogen-bond acceptors (Lipinski definition) is 5. The van der Waals surface area contributed by atoms with Crippen LogP contribution in [-0.2, 0) is 4.79 Å². The molecule has 6 heteroatoms. The van der Waals surface area contributed by atoms with Gasteiger partial charge in [-0.3, -0.25) is 4.79 Å². The van der Waals surface area contributed by atoms with E-state index in [1.165, 1.54) is 0 Å². The number of nitrogens with one attached hydrogen (secondary N) is 2. The quantitative estimate of drug-likeness (QED) is 0.672. The van der Waals surface area contributed by atoms with E-state index in [-0.39, 0.29) is 5.91 Å². The van der Waals surface area contributed by atoms with E-state index < -0.39 is 6.04 Å². The molecule has 0 heterocycles. The standard InChI is InChI=1S/C20H24N2O4/c1-5-12-21-20(23)14(2)22-15-6-11-18(25-4)19(13-15)26-17-9-7-16(24-3)8-10-17/h5-11,13-14,22H,1,12H2,2-4H3,(H,21,23)/t14-/m1/s1. The van der Waals surface area contributed by atoms with Gasteiger partial charge in [-0.2, -0.15) is 0 Å². The summed E-state index contributed by atoms with van der Waals surface area (Å²) >= 11 is 0. The molecular weight excluding hydrogens is 332 g/mol. The summed E-state index contributed by atoms with van der Waals surface area (Å²) in [5, 5.41) is 5.90. The van der Waals surface area contributed by atoms with Crippen LogP contribution < -0.4 is 24.8 Å². The molecule has 2 rings (SSSR count). The van der Waals surface area contributed by atoms with Crippen molar-refractivity contribution in [1.82, 2.24) is 5.32 Å². The highest BCUT2D eigenvalue weighted by molar-refractivity contribution is 5.84. The summed E-state index contributed by atoms with van der Waals surface area (Å²) in [5.74, 6) is 2.42. The smallest absolute Gasteiger partial charge is 0.242 e. The third-order valence-electron chi connectivity index (χ3n) is 3.65. The number of hydrogen-bond donors (Lipinski definition) is 2. The van der Waals surface area contributed by atoms with Crippen LogP contribution >= 0.6 is 0 Å². The predicted octanol–water partition coefficient (Wildman–Crippen LogP) is 3.60. The molecule has 0 saturated heterocycles. The first-order valence-electron chi connectivity index (χ1n) is 8.22. The number of benzene rings is 2. The zero-order valence-corrected chi connectivity index (χ0v) is 15.2. The van der Waals surface area contributed by atoms with E-state index in [0.29, 0.717) is 23.8 Å². The lowest BCUT2D eigenvalue weighted by molar-refractivity contribution is -0.121. The third-order valence-corrected chi connectivity index (χ3v) is 3.65. The Labute approximate surface area is 153 Å². The minimum absolute atomic E-state index is 0.113. The van der Waals surface area contributed by atoms with Crippen LogP contribution in [0.3, 0.4) is 0 Å². The zero-order valence-electron chi connectivity index (χ0n) is 15.2. The van der Waals surface area contributed by atoms with Crippen LogP contribution in [0.4, 0.5) is 5.69 Å². The van der Waals surface area contributed by atoms with Crippen molar-refractivity contribution < 1.29 is 19.0 Å². The van der Waals surface area contributed by atoms with Crippen molar-refractivity contribution >= 4 is 11.6 Å². The zero-order chi connectivity index (χ0) is 18.9. The molecule has 0 spiro atoms. The molecule has 1 amide bonds. The average Bonchev–Trinajstić information content (AvgIpc) is 2.67. The Kier molecular flexibility index (Phi) is 6.91. The van der Waals surface area contributed by atoms with Gasteiger partial charge in [0.25, 0.3) is 0 Å². The molecule has 0 radical (unpaired) electrons. The van der Waals surface area contributed by atoms with Crippen molar-refractivity contribution in [3.05, 3.63) is 55.1 Å². The summed E-state index contributed by atoms with van der Waals surface area (Å²) in [4.78, 5) is 12.0. The van der Waals surface area contributed by atoms with Gasteiger partial charge in [0, 0.05) is 18.3 Å². The fourth-order valence-electron chi connectivity index (χ4n) is 2.26. The minimum Gasteiger partial charge on any atom is -0.497 e. The first-order valence-corrected chi connectivity index (χ1v) is 8.22. The normalized spacial score (nSPS) is 11.2. The molecule has 2 N–H and O–H groups in total. The first-order chi connectivity index (χ1) is 12.6. The lowest BCUT2D eigenvalue weighted by atomic mass is 10.2. The molecule has 0 aliphatic carbocycles. The molecule has 0 unspecified atom stereocenters. The maximum Gasteiger partial charge on any atom is 0.242 e. The number of anilines is 1. The third kappa shape index (κ3) is 5.17. The van der Waals surface area contributed by atoms with E-state index in [4.69, 9.17) is 14.2 Å². The van der Waals surface area contributed by atoms with Gasteiger partial charge in [-0.05, 0) is 43.3 Å². The number of rotatable bonds is 9. The van der Waals surface area contributed by atoms with Gasteiger partial charge in [-0.25, -0.2) is 0 Å². The number of ether oxygens (including phenoxy) is 3. The van der Waals surface area contributed by atoms with Gasteiger partial charge in [-0.1, -0.05) is 6.08 Å². The average molecular weight is 356 g/mol. The Morgan fingerprint density at radius 2 is 1.77 bits per heavy atom. The molecule has 138 valence electrons. The largest absolute Gasteiger partial charge is 0.497 e. The molecule has 26 heavy (non-hydrogen) atoms. The summed E-state index contributed by atoms with van der Waals surface area (Å²) in [6, 6.07) is 12.3. The Morgan fingerprint density at radius 3 is 2.38 bits per heavy atom. The van der Waals surface area contributed by atoms with Crippen LogP contribution in [0.15, 0.2) is 55.1 Å². The van der Waals surface area contributed by atoms with Crippen molar-refractivity contribution in [2.45, 2.75) is 13.0 Å². The van der Waals surface area contributed by atoms with Gasteiger partial charge in [0.15, 0.2) is 11.5 Å². The first kappa shape index (κ1) is 19.2. The number of carbonyl (C=O) groups excluding carboxylic acids is 1. The lowest BCUT2D eigenvalue weighted by Crippen LogP contribution is -2.37. The van der Waals surface area contributed by atoms with E-state index in [0.717, 1.165) is 11.4 Å². The predicted molar refractivity (Wildman–Crippen MR) is 102 cm³/mol. The molecule has 1 atom stereocenters. The highest BCUT2D eigenvalue weighted by atomic mass is 16.5. The molecule has 0 bridgehead atoms. The van der Waals surface area contributed by atoms with Crippen LogP contribution in [0.2, 0.25) is 0 Å². The number of methoxy groups -OCH3 is 2. The van der Waals surface area contributed by atoms with Gasteiger partial charge in [-0.15, -0.1) is 6.58 Å². The van der Waals surface area contributed by atoms with E-state index in [2.05, 4.69) is 17.2 Å². The molecular formula is C20H24N2O4. The molecule has 2 aromatic rings. The van der Waals surface area contributed by atoms with Crippen LogP contribution in [-0.4, -0.2) is 32.7 Å². The second-order valence-electron chi connectivity index (χ2n) is 5.54. The van der Waals surface area contributed by atoms with Crippen molar-refractivity contribution in [2.75, 3.05) is 26.1 Å². The number of amides is 1. The maximum atomic E-state index is 12.0. The van der Waals surface area contributed by atoms with E-state index in [9.17, 15) is 4.79 Å². The summed E-state index contributed by atoms with van der Waals surface area (Å²) in [6.07, 6.45) is 1.64. The Hall–Kier alpha value is -3.15. The molecule has 2 aromatic carbocycles. The van der Waals surface area contributed by atoms with Crippen LogP contribution in [0.1, 0.15) is 6.92 Å². The second-order valence-corrected chi connectivity index (χ2v) is 5.54. The molecule has 0 fully saturated rings. The van der Waals surface area contributed by atoms with Crippen molar-refractivity contribution in [2.24, 2.45) is 0 Å². The maximum absolute atomic E-state index is 12.0. The lowest BCUT2D eigenvalue weighted by Gasteiger charge is -2.17. The molecule has 6 nitrogen and oxygen atoms in total. The van der Waals surface area contributed by atoms with Gasteiger partial charge in [0.05, 0.1) is 14.2 Å². The van der Waals surface area contributed by atoms with E-state index >= 15 is 0 Å². The van der Waals surface area contributed by atoms with Crippen molar-refractivity contribution in [3.63, 3.8) is 0 Å². The summed E-state index contributed by atoms with van der Waals surface area (Å²) in [5.41, 5.74) is 0.746. The highest BCUT2D eigenvalue weighted by Crippen LogP contribution is 2.34. The Morgan fingerprint density at radius 1 is 1.08 bits per heavy atom. The fraction of sp³-hybridized carbons (Fsp3) is 0.250. The highest BCUT2D eigenvalue weighted by Gasteiger charge is 2.13. The molecule has 0 aromatic heterocycles. The van der Waals surface area contributed by atoms with Crippen LogP contribution in [0.25, 0.3) is 0 Å². The van der Waals surface area contributed by atoms with Gasteiger partial charge in [0.2, 0.25) is 5.91 Å². The topological polar surface area (TPSA) is 68.8 Å². The summed E-state index contributed by atoms with van der Waals surface area (Å²) < 4.78 is 16.4. The van der Waals surface area contributed by atoms with Crippen molar-refractivity contribution in [1.29, 1.82) is 0 Å². The monoisotopic (exact) mass is 356 g/mol. The Bertz CT molecular complexity index is 744. The Balaban J connectivity index is 2.13. The van der Waals surface area contributed by atoms with Gasteiger partial charge < -0.3 is 24.8 Å². The SMILES string of the molecule is C=CCNC(=O)[C@@H](C)Nc1ccc(OC)c(Oc2ccc(OC)cc2)c1. The summed E-state index contributed by atoms with van der Waals surface area (Å²) in [7, 11) is 3.19. The molecule has 0 aliphatic rings. The van der Waals surface area contributed by atoms with E-state index in [1.54, 1.807) is 39.4 Å². The second kappa shape index (κ2) is 9.36. The molecule has 0 saturated carbocycles. The summed E-state index contributed by atoms with van der Waals surface area (Å²) in [6.45, 7) is 5.80. The van der Waals surface area contributed by atoms with Gasteiger partial charge in [0.1, 0.15) is 17.5 Å². The van der Waals surface area contributed by atoms with Crippen LogP contribution in [0.5, 0.6) is 23.0 Å². The number of carbonyl (C=O) groups is 1. The molecule has 0 aliphatic heterocycles. The van der Waals surface area contributed by atoms with E-state index in [1.807, 2.05) is 30.3 Å².